The lowest BCUT2D eigenvalue weighted by Crippen LogP contribution is -2.18. The number of hydrogen-bond acceptors (Lipinski definition) is 3. The number of esters is 1. The summed E-state index contributed by atoms with van der Waals surface area (Å²) < 4.78 is 11.0. The van der Waals surface area contributed by atoms with E-state index in [1.807, 2.05) is 58.0 Å². The SMILES string of the molecule is Cc1ccccc1OC(=O)COc1c(C)ccc(C)c1C. The fourth-order valence-corrected chi connectivity index (χ4v) is 2.10. The van der Waals surface area contributed by atoms with E-state index in [0.717, 1.165) is 28.0 Å². The first-order valence-corrected chi connectivity index (χ1v) is 6.95. The molecule has 0 N–H and O–H groups in total. The molecule has 0 spiro atoms. The summed E-state index contributed by atoms with van der Waals surface area (Å²) in [6.45, 7) is 7.78. The molecule has 0 aliphatic heterocycles. The molecule has 2 rings (SSSR count). The van der Waals surface area contributed by atoms with Gasteiger partial charge in [0, 0.05) is 0 Å². The molecule has 21 heavy (non-hydrogen) atoms. The molecular weight excluding hydrogens is 264 g/mol. The summed E-state index contributed by atoms with van der Waals surface area (Å²) in [6.07, 6.45) is 0. The van der Waals surface area contributed by atoms with Crippen molar-refractivity contribution in [1.29, 1.82) is 0 Å². The Labute approximate surface area is 125 Å². The molecule has 110 valence electrons. The number of hydrogen-bond donors (Lipinski definition) is 0. The number of rotatable bonds is 4. The van der Waals surface area contributed by atoms with Crippen LogP contribution in [-0.4, -0.2) is 12.6 Å². The zero-order valence-corrected chi connectivity index (χ0v) is 12.9. The number of carbonyl (C=O) groups excluding carboxylic acids is 1. The molecule has 0 saturated heterocycles. The Morgan fingerprint density at radius 2 is 1.57 bits per heavy atom. The molecule has 3 nitrogen and oxygen atoms in total. The fourth-order valence-electron chi connectivity index (χ4n) is 2.10. The van der Waals surface area contributed by atoms with Crippen LogP contribution in [-0.2, 0) is 4.79 Å². The molecule has 0 radical (unpaired) electrons. The van der Waals surface area contributed by atoms with Gasteiger partial charge in [0.25, 0.3) is 0 Å². The predicted molar refractivity (Wildman–Crippen MR) is 83.0 cm³/mol. The second-order valence-corrected chi connectivity index (χ2v) is 5.18. The number of benzene rings is 2. The van der Waals surface area contributed by atoms with Gasteiger partial charge in [-0.2, -0.15) is 0 Å². The van der Waals surface area contributed by atoms with Gasteiger partial charge in [-0.1, -0.05) is 30.3 Å². The third-order valence-corrected chi connectivity index (χ3v) is 3.53. The van der Waals surface area contributed by atoms with Gasteiger partial charge in [-0.25, -0.2) is 4.79 Å². The average Bonchev–Trinajstić information content (AvgIpc) is 2.45. The minimum absolute atomic E-state index is 0.0978. The van der Waals surface area contributed by atoms with Crippen LogP contribution < -0.4 is 9.47 Å². The minimum Gasteiger partial charge on any atom is -0.481 e. The van der Waals surface area contributed by atoms with Crippen LogP contribution in [0.5, 0.6) is 11.5 Å². The van der Waals surface area contributed by atoms with Crippen molar-refractivity contribution in [2.75, 3.05) is 6.61 Å². The molecule has 0 fully saturated rings. The molecule has 0 amide bonds. The Morgan fingerprint density at radius 3 is 2.29 bits per heavy atom. The lowest BCUT2D eigenvalue weighted by atomic mass is 10.1. The van der Waals surface area contributed by atoms with Crippen LogP contribution in [0.2, 0.25) is 0 Å². The lowest BCUT2D eigenvalue weighted by Gasteiger charge is -2.13. The third-order valence-electron chi connectivity index (χ3n) is 3.53. The van der Waals surface area contributed by atoms with E-state index < -0.39 is 5.97 Å². The van der Waals surface area contributed by atoms with Gasteiger partial charge < -0.3 is 9.47 Å². The van der Waals surface area contributed by atoms with Gasteiger partial charge in [0.05, 0.1) is 0 Å². The highest BCUT2D eigenvalue weighted by Gasteiger charge is 2.11. The quantitative estimate of drug-likeness (QED) is 0.631. The first-order valence-electron chi connectivity index (χ1n) is 6.95. The monoisotopic (exact) mass is 284 g/mol. The Balaban J connectivity index is 2.02. The largest absolute Gasteiger partial charge is 0.481 e. The number of carbonyl (C=O) groups is 1. The molecule has 2 aromatic carbocycles. The minimum atomic E-state index is -0.399. The molecule has 3 heteroatoms. The average molecular weight is 284 g/mol. The van der Waals surface area contributed by atoms with Crippen molar-refractivity contribution in [1.82, 2.24) is 0 Å². The third kappa shape index (κ3) is 3.63. The standard InChI is InChI=1S/C18H20O3/c1-12-9-10-14(3)18(15(12)4)20-11-17(19)21-16-8-6-5-7-13(16)2/h5-10H,11H2,1-4H3. The Bertz CT molecular complexity index is 660. The maximum atomic E-state index is 11.9. The van der Waals surface area contributed by atoms with E-state index in [9.17, 15) is 4.79 Å². The summed E-state index contributed by atoms with van der Waals surface area (Å²) in [5.74, 6) is 0.935. The molecule has 0 aliphatic carbocycles. The zero-order chi connectivity index (χ0) is 15.4. The van der Waals surface area contributed by atoms with Gasteiger partial charge in [0.15, 0.2) is 6.61 Å². The highest BCUT2D eigenvalue weighted by Crippen LogP contribution is 2.25. The van der Waals surface area contributed by atoms with Crippen molar-refractivity contribution in [3.05, 3.63) is 58.7 Å². The van der Waals surface area contributed by atoms with Crippen LogP contribution in [0, 0.1) is 27.7 Å². The Kier molecular flexibility index (Phi) is 4.63. The van der Waals surface area contributed by atoms with Gasteiger partial charge in [-0.05, 0) is 56.0 Å². The molecule has 2 aromatic rings. The van der Waals surface area contributed by atoms with Gasteiger partial charge in [0.1, 0.15) is 11.5 Å². The summed E-state index contributed by atoms with van der Waals surface area (Å²) in [4.78, 5) is 11.9. The van der Waals surface area contributed by atoms with Crippen LogP contribution in [0.4, 0.5) is 0 Å². The maximum Gasteiger partial charge on any atom is 0.349 e. The lowest BCUT2D eigenvalue weighted by molar-refractivity contribution is -0.136. The molecule has 0 aliphatic rings. The highest BCUT2D eigenvalue weighted by molar-refractivity contribution is 5.74. The van der Waals surface area contributed by atoms with Crippen LogP contribution in [0.15, 0.2) is 36.4 Å². The molecular formula is C18H20O3. The summed E-state index contributed by atoms with van der Waals surface area (Å²) >= 11 is 0. The molecule has 0 bridgehead atoms. The smallest absolute Gasteiger partial charge is 0.349 e. The van der Waals surface area contributed by atoms with Gasteiger partial charge in [0.2, 0.25) is 0 Å². The van der Waals surface area contributed by atoms with Crippen molar-refractivity contribution < 1.29 is 14.3 Å². The van der Waals surface area contributed by atoms with E-state index in [-0.39, 0.29) is 6.61 Å². The van der Waals surface area contributed by atoms with E-state index in [0.29, 0.717) is 5.75 Å². The summed E-state index contributed by atoms with van der Waals surface area (Å²) in [5, 5.41) is 0. The zero-order valence-electron chi connectivity index (χ0n) is 12.9. The maximum absolute atomic E-state index is 11.9. The summed E-state index contributed by atoms with van der Waals surface area (Å²) in [6, 6.07) is 11.5. The second kappa shape index (κ2) is 6.44. The van der Waals surface area contributed by atoms with Crippen LogP contribution >= 0.6 is 0 Å². The van der Waals surface area contributed by atoms with Crippen molar-refractivity contribution in [3.8, 4) is 11.5 Å². The van der Waals surface area contributed by atoms with Gasteiger partial charge in [-0.15, -0.1) is 0 Å². The number of aryl methyl sites for hydroxylation is 3. The van der Waals surface area contributed by atoms with Crippen LogP contribution in [0.3, 0.4) is 0 Å². The molecule has 0 saturated carbocycles. The van der Waals surface area contributed by atoms with E-state index >= 15 is 0 Å². The first kappa shape index (κ1) is 15.1. The molecule has 0 heterocycles. The van der Waals surface area contributed by atoms with E-state index in [1.54, 1.807) is 6.07 Å². The highest BCUT2D eigenvalue weighted by atomic mass is 16.6. The normalized spacial score (nSPS) is 10.3. The first-order chi connectivity index (χ1) is 9.99. The van der Waals surface area contributed by atoms with Crippen molar-refractivity contribution in [2.24, 2.45) is 0 Å². The van der Waals surface area contributed by atoms with Crippen molar-refractivity contribution >= 4 is 5.97 Å². The van der Waals surface area contributed by atoms with E-state index in [4.69, 9.17) is 9.47 Å². The van der Waals surface area contributed by atoms with Gasteiger partial charge in [-0.3, -0.25) is 0 Å². The van der Waals surface area contributed by atoms with Crippen LogP contribution in [0.1, 0.15) is 22.3 Å². The van der Waals surface area contributed by atoms with Gasteiger partial charge >= 0.3 is 5.97 Å². The van der Waals surface area contributed by atoms with Crippen LogP contribution in [0.25, 0.3) is 0 Å². The van der Waals surface area contributed by atoms with E-state index in [1.165, 1.54) is 0 Å². The summed E-state index contributed by atoms with van der Waals surface area (Å²) in [5.41, 5.74) is 4.14. The predicted octanol–water partition coefficient (Wildman–Crippen LogP) is 3.90. The molecule has 0 aromatic heterocycles. The topological polar surface area (TPSA) is 35.5 Å². The summed E-state index contributed by atoms with van der Waals surface area (Å²) in [7, 11) is 0. The number of para-hydroxylation sites is 1. The van der Waals surface area contributed by atoms with Crippen molar-refractivity contribution in [3.63, 3.8) is 0 Å². The fraction of sp³-hybridized carbons (Fsp3) is 0.278. The molecule has 0 unspecified atom stereocenters. The van der Waals surface area contributed by atoms with E-state index in [2.05, 4.69) is 0 Å². The Morgan fingerprint density at radius 1 is 0.905 bits per heavy atom. The van der Waals surface area contributed by atoms with Crippen molar-refractivity contribution in [2.45, 2.75) is 27.7 Å². The number of ether oxygens (including phenoxy) is 2. The molecule has 0 atom stereocenters. The second-order valence-electron chi connectivity index (χ2n) is 5.18. The Hall–Kier alpha value is -2.29.